The first kappa shape index (κ1) is 28.4. The third kappa shape index (κ3) is 9.04. The Hall–Kier alpha value is -2.19. The maximum atomic E-state index is 5.06. The summed E-state index contributed by atoms with van der Waals surface area (Å²) >= 11 is 1.86. The third-order valence-corrected chi connectivity index (χ3v) is 7.87. The number of thioether (sulfide) groups is 1. The first-order chi connectivity index (χ1) is 17.5. The van der Waals surface area contributed by atoms with Crippen LogP contribution in [-0.2, 0) is 4.94 Å². The van der Waals surface area contributed by atoms with Gasteiger partial charge in [-0.05, 0) is 76.9 Å². The molecule has 3 aliphatic rings. The minimum absolute atomic E-state index is 0.283. The van der Waals surface area contributed by atoms with Crippen LogP contribution in [0.3, 0.4) is 0 Å². The molecule has 0 saturated carbocycles. The molecule has 0 aromatic heterocycles. The van der Waals surface area contributed by atoms with Crippen LogP contribution in [0.5, 0.6) is 0 Å². The largest absolute Gasteiger partial charge is 0.351 e. The zero-order chi connectivity index (χ0) is 25.8. The quantitative estimate of drug-likeness (QED) is 0.390. The molecule has 1 saturated heterocycles. The lowest BCUT2D eigenvalue weighted by Gasteiger charge is -2.38. The Morgan fingerprint density at radius 2 is 1.97 bits per heavy atom. The van der Waals surface area contributed by atoms with Crippen molar-refractivity contribution < 1.29 is 4.94 Å². The molecule has 1 unspecified atom stereocenters. The van der Waals surface area contributed by atoms with Gasteiger partial charge in [-0.25, -0.2) is 4.94 Å². The Kier molecular flexibility index (Phi) is 11.9. The molecule has 0 bridgehead atoms. The lowest BCUT2D eigenvalue weighted by molar-refractivity contribution is 0.151. The van der Waals surface area contributed by atoms with E-state index in [1.165, 1.54) is 43.8 Å². The van der Waals surface area contributed by atoms with E-state index in [-0.39, 0.29) is 5.25 Å². The number of hydrogen-bond acceptors (Lipinski definition) is 8. The van der Waals surface area contributed by atoms with Crippen molar-refractivity contribution in [3.8, 4) is 0 Å². The van der Waals surface area contributed by atoms with E-state index in [0.29, 0.717) is 19.0 Å². The van der Waals surface area contributed by atoms with Crippen LogP contribution < -0.4 is 0 Å². The Morgan fingerprint density at radius 3 is 2.72 bits per heavy atom. The minimum atomic E-state index is 0.283. The van der Waals surface area contributed by atoms with E-state index in [0.717, 1.165) is 42.2 Å². The van der Waals surface area contributed by atoms with E-state index < -0.39 is 0 Å². The number of nitrogens with zero attached hydrogens (tertiary/aromatic N) is 6. The van der Waals surface area contributed by atoms with Crippen LogP contribution in [-0.4, -0.2) is 83.7 Å². The molecule has 3 rings (SSSR count). The number of piperidine rings is 1. The smallest absolute Gasteiger partial charge is 0.159 e. The molecule has 0 aliphatic carbocycles. The van der Waals surface area contributed by atoms with Crippen molar-refractivity contribution >= 4 is 34.6 Å². The number of oxime groups is 2. The van der Waals surface area contributed by atoms with E-state index in [9.17, 15) is 0 Å². The van der Waals surface area contributed by atoms with E-state index in [4.69, 9.17) is 9.93 Å². The second kappa shape index (κ2) is 15.2. The van der Waals surface area contributed by atoms with Crippen molar-refractivity contribution in [3.05, 3.63) is 35.5 Å². The summed E-state index contributed by atoms with van der Waals surface area (Å²) in [5.74, 6) is 0. The second-order valence-corrected chi connectivity index (χ2v) is 11.1. The molecule has 0 aromatic carbocycles. The van der Waals surface area contributed by atoms with Crippen molar-refractivity contribution in [1.82, 2.24) is 9.80 Å². The Morgan fingerprint density at radius 1 is 1.19 bits per heavy atom. The molecule has 0 amide bonds. The Labute approximate surface area is 222 Å². The van der Waals surface area contributed by atoms with Crippen LogP contribution in [0.25, 0.3) is 0 Å². The normalized spacial score (nSPS) is 24.2. The summed E-state index contributed by atoms with van der Waals surface area (Å²) in [6, 6.07) is 0.689. The van der Waals surface area contributed by atoms with Gasteiger partial charge in [0.05, 0.1) is 24.5 Å². The van der Waals surface area contributed by atoms with Gasteiger partial charge in [0.2, 0.25) is 0 Å². The first-order valence-corrected chi connectivity index (χ1v) is 14.4. The van der Waals surface area contributed by atoms with Crippen LogP contribution in [0, 0.1) is 0 Å². The zero-order valence-electron chi connectivity index (χ0n) is 22.8. The number of amidine groups is 1. The standard InChI is InChI=1S/C28H44N6OS/c1-6-8-9-15-33(5)27-11-16-34(17-12-27)28-30-14-13-29-21-24(19-23(4)36-28)22(3)18-26-20-25(10-7-2)31-35-32-26/h7,10,18-19,21,23,27H,6,8-9,11-17,20H2,1-5H3/b10-7-,22-18+,24-19+,29-21?,30-28?. The molecule has 3 heterocycles. The monoisotopic (exact) mass is 512 g/mol. The summed E-state index contributed by atoms with van der Waals surface area (Å²) in [7, 11) is 2.30. The van der Waals surface area contributed by atoms with Crippen molar-refractivity contribution in [2.45, 2.75) is 77.5 Å². The molecule has 0 radical (unpaired) electrons. The molecule has 0 spiro atoms. The highest BCUT2D eigenvalue weighted by atomic mass is 32.2. The van der Waals surface area contributed by atoms with Crippen LogP contribution >= 0.6 is 11.8 Å². The number of hydrogen-bond donors (Lipinski definition) is 0. The Balaban J connectivity index is 1.61. The molecule has 3 aliphatic heterocycles. The molecule has 1 fully saturated rings. The average molecular weight is 513 g/mol. The lowest BCUT2D eigenvalue weighted by Crippen LogP contribution is -2.45. The van der Waals surface area contributed by atoms with Crippen LogP contribution in [0.1, 0.15) is 66.2 Å². The van der Waals surface area contributed by atoms with Crippen molar-refractivity contribution in [3.63, 3.8) is 0 Å². The van der Waals surface area contributed by atoms with Gasteiger partial charge in [-0.1, -0.05) is 54.0 Å². The van der Waals surface area contributed by atoms with Gasteiger partial charge in [-0.3, -0.25) is 9.98 Å². The summed E-state index contributed by atoms with van der Waals surface area (Å²) < 4.78 is 0. The predicted molar refractivity (Wildman–Crippen MR) is 157 cm³/mol. The van der Waals surface area contributed by atoms with Crippen LogP contribution in [0.15, 0.2) is 55.7 Å². The number of aliphatic imine (C=N–C) groups is 2. The summed E-state index contributed by atoms with van der Waals surface area (Å²) in [5, 5.41) is 9.55. The van der Waals surface area contributed by atoms with Crippen molar-refractivity contribution in [2.24, 2.45) is 20.3 Å². The molecular formula is C28H44N6OS. The maximum Gasteiger partial charge on any atom is 0.159 e. The van der Waals surface area contributed by atoms with Gasteiger partial charge in [-0.2, -0.15) is 0 Å². The molecule has 198 valence electrons. The second-order valence-electron chi connectivity index (χ2n) is 9.80. The summed E-state index contributed by atoms with van der Waals surface area (Å²) in [5.41, 5.74) is 4.00. The zero-order valence-corrected chi connectivity index (χ0v) is 23.6. The molecule has 7 nitrogen and oxygen atoms in total. The number of allylic oxidation sites excluding steroid dienone is 5. The van der Waals surface area contributed by atoms with Gasteiger partial charge in [0.1, 0.15) is 0 Å². The summed E-state index contributed by atoms with van der Waals surface area (Å²) in [6.45, 7) is 13.4. The maximum absolute atomic E-state index is 5.06. The number of rotatable bonds is 8. The third-order valence-electron chi connectivity index (χ3n) is 6.76. The summed E-state index contributed by atoms with van der Waals surface area (Å²) in [6.07, 6.45) is 17.3. The molecular weight excluding hydrogens is 468 g/mol. The molecule has 0 N–H and O–H groups in total. The number of unbranched alkanes of at least 4 members (excludes halogenated alkanes) is 2. The lowest BCUT2D eigenvalue weighted by atomic mass is 10.0. The topological polar surface area (TPSA) is 65.2 Å². The molecule has 1 atom stereocenters. The highest BCUT2D eigenvalue weighted by Crippen LogP contribution is 2.25. The van der Waals surface area contributed by atoms with E-state index in [2.05, 4.69) is 65.1 Å². The van der Waals surface area contributed by atoms with Crippen LogP contribution in [0.4, 0.5) is 0 Å². The molecule has 0 aromatic rings. The minimum Gasteiger partial charge on any atom is -0.351 e. The molecule has 8 heteroatoms. The highest BCUT2D eigenvalue weighted by Gasteiger charge is 2.25. The van der Waals surface area contributed by atoms with E-state index >= 15 is 0 Å². The van der Waals surface area contributed by atoms with Gasteiger partial charge < -0.3 is 9.80 Å². The average Bonchev–Trinajstić information content (AvgIpc) is 2.88. The van der Waals surface area contributed by atoms with Crippen molar-refractivity contribution in [2.75, 3.05) is 39.8 Å². The van der Waals surface area contributed by atoms with Gasteiger partial charge in [0.15, 0.2) is 5.17 Å². The SMILES string of the molecule is C/C=C\C1=NON=C(/C=C(C)/C2=C/C(C)SC(N3CCC(N(C)CCCCC)CC3)=NCCN=C2)C1. The highest BCUT2D eigenvalue weighted by molar-refractivity contribution is 8.14. The number of likely N-dealkylation sites (tertiary alicyclic amines) is 1. The van der Waals surface area contributed by atoms with Gasteiger partial charge >= 0.3 is 0 Å². The van der Waals surface area contributed by atoms with Crippen molar-refractivity contribution in [1.29, 1.82) is 0 Å². The fourth-order valence-corrected chi connectivity index (χ4v) is 5.71. The van der Waals surface area contributed by atoms with E-state index in [1.807, 2.05) is 37.1 Å². The molecule has 36 heavy (non-hydrogen) atoms. The fraction of sp³-hybridized carbons (Fsp3) is 0.643. The van der Waals surface area contributed by atoms with Gasteiger partial charge in [0, 0.05) is 37.0 Å². The van der Waals surface area contributed by atoms with E-state index in [1.54, 1.807) is 0 Å². The Bertz CT molecular complexity index is 924. The van der Waals surface area contributed by atoms with Crippen LogP contribution in [0.2, 0.25) is 0 Å². The predicted octanol–water partition coefficient (Wildman–Crippen LogP) is 5.72. The van der Waals surface area contributed by atoms with Gasteiger partial charge in [0.25, 0.3) is 0 Å². The summed E-state index contributed by atoms with van der Waals surface area (Å²) in [4.78, 5) is 19.8. The van der Waals surface area contributed by atoms with Gasteiger partial charge in [-0.15, -0.1) is 0 Å². The first-order valence-electron chi connectivity index (χ1n) is 13.5. The fourth-order valence-electron chi connectivity index (χ4n) is 4.67.